The molecule has 14 nitrogen and oxygen atoms in total. The number of H-pyrrole nitrogens is 1. The van der Waals surface area contributed by atoms with Crippen LogP contribution >= 0.6 is 0 Å². The van der Waals surface area contributed by atoms with Crippen LogP contribution in [0.25, 0.3) is 0 Å². The molecule has 0 bridgehead atoms. The second kappa shape index (κ2) is 14.0. The molecule has 0 fully saturated rings. The Hall–Kier alpha value is -3.52. The summed E-state index contributed by atoms with van der Waals surface area (Å²) >= 11 is 0. The summed E-state index contributed by atoms with van der Waals surface area (Å²) < 4.78 is 0. The van der Waals surface area contributed by atoms with Crippen molar-refractivity contribution in [3.8, 4) is 0 Å². The lowest BCUT2D eigenvalue weighted by atomic mass is 9.96. The molecule has 196 valence electrons. The molecular weight excluding hydrogens is 462 g/mol. The third-order valence-electron chi connectivity index (χ3n) is 5.48. The summed E-state index contributed by atoms with van der Waals surface area (Å²) in [6.07, 6.45) is 1.66. The predicted molar refractivity (Wildman–Crippen MR) is 123 cm³/mol. The number of amides is 4. The molecule has 0 aliphatic heterocycles. The Balaban J connectivity index is 2.92. The van der Waals surface area contributed by atoms with Crippen LogP contribution in [0.4, 0.5) is 0 Å². The molecule has 1 heterocycles. The van der Waals surface area contributed by atoms with E-state index in [1.54, 1.807) is 13.8 Å². The van der Waals surface area contributed by atoms with Gasteiger partial charge in [-0.15, -0.1) is 0 Å². The number of carbonyl (C=O) groups is 5. The third kappa shape index (κ3) is 9.70. The molecule has 14 heteroatoms. The van der Waals surface area contributed by atoms with E-state index in [-0.39, 0.29) is 19.3 Å². The first kappa shape index (κ1) is 29.5. The highest BCUT2D eigenvalue weighted by Gasteiger charge is 2.34. The van der Waals surface area contributed by atoms with E-state index in [1.165, 1.54) is 19.4 Å². The van der Waals surface area contributed by atoms with Crippen LogP contribution in [0.2, 0.25) is 0 Å². The van der Waals surface area contributed by atoms with E-state index in [1.807, 2.05) is 0 Å². The van der Waals surface area contributed by atoms with E-state index in [0.717, 1.165) is 0 Å². The summed E-state index contributed by atoms with van der Waals surface area (Å²) in [7, 11) is 0. The molecule has 6 atom stereocenters. The number of carboxylic acids is 1. The molecule has 6 unspecified atom stereocenters. The zero-order valence-electron chi connectivity index (χ0n) is 20.0. The molecule has 4 amide bonds. The van der Waals surface area contributed by atoms with Crippen molar-refractivity contribution in [2.24, 2.45) is 17.4 Å². The second-order valence-corrected chi connectivity index (χ2v) is 8.39. The van der Waals surface area contributed by atoms with Crippen LogP contribution in [0.5, 0.6) is 0 Å². The van der Waals surface area contributed by atoms with Crippen molar-refractivity contribution >= 4 is 29.6 Å². The highest BCUT2D eigenvalue weighted by molar-refractivity contribution is 5.94. The number of carbonyl (C=O) groups excluding carboxylic acids is 4. The van der Waals surface area contributed by atoms with Gasteiger partial charge < -0.3 is 42.6 Å². The number of aliphatic hydroxyl groups is 1. The first-order valence-electron chi connectivity index (χ1n) is 11.2. The Morgan fingerprint density at radius 1 is 1.06 bits per heavy atom. The number of hydrogen-bond acceptors (Lipinski definition) is 8. The van der Waals surface area contributed by atoms with Crippen LogP contribution in [-0.2, 0) is 30.4 Å². The van der Waals surface area contributed by atoms with Gasteiger partial charge in [0.1, 0.15) is 18.1 Å². The monoisotopic (exact) mass is 497 g/mol. The van der Waals surface area contributed by atoms with Crippen molar-refractivity contribution < 1.29 is 34.2 Å². The van der Waals surface area contributed by atoms with Crippen molar-refractivity contribution in [1.29, 1.82) is 0 Å². The molecule has 0 saturated carbocycles. The molecule has 0 radical (unpaired) electrons. The standard InChI is InChI=1S/C21H35N7O7/c1-4-10(2)16(19(32)26-14(21(34)35)5-6-15(23)30)27-20(33)17(11(3)29)28-18(31)13(22)7-12-8-24-9-25-12/h8-11,13-14,16-17,29H,4-7,22H2,1-3H3,(H2,23,30)(H,24,25)(H,26,32)(H,27,33)(H,28,31)(H,34,35). The Bertz CT molecular complexity index is 875. The SMILES string of the molecule is CCC(C)C(NC(=O)C(NC(=O)C(N)Cc1cnc[nH]1)C(C)O)C(=O)NC(CCC(N)=O)C(=O)O. The van der Waals surface area contributed by atoms with Crippen LogP contribution in [-0.4, -0.2) is 80.1 Å². The largest absolute Gasteiger partial charge is 0.480 e. The maximum Gasteiger partial charge on any atom is 0.326 e. The average Bonchev–Trinajstić information content (AvgIpc) is 3.29. The summed E-state index contributed by atoms with van der Waals surface area (Å²) in [5, 5.41) is 26.6. The smallest absolute Gasteiger partial charge is 0.326 e. The fourth-order valence-corrected chi connectivity index (χ4v) is 3.14. The van der Waals surface area contributed by atoms with Gasteiger partial charge in [-0.25, -0.2) is 9.78 Å². The minimum atomic E-state index is -1.43. The van der Waals surface area contributed by atoms with Crippen molar-refractivity contribution in [2.75, 3.05) is 0 Å². The molecule has 1 aromatic heterocycles. The molecule has 0 aliphatic rings. The number of nitrogens with two attached hydrogens (primary N) is 2. The number of hydrogen-bond donors (Lipinski definition) is 8. The van der Waals surface area contributed by atoms with E-state index in [9.17, 15) is 34.2 Å². The first-order valence-corrected chi connectivity index (χ1v) is 11.2. The molecular formula is C21H35N7O7. The number of primary amides is 1. The topological polar surface area (TPSA) is 243 Å². The number of rotatable bonds is 15. The maximum absolute atomic E-state index is 12.9. The highest BCUT2D eigenvalue weighted by atomic mass is 16.4. The molecule has 1 rings (SSSR count). The van der Waals surface area contributed by atoms with Gasteiger partial charge in [0, 0.05) is 24.7 Å². The van der Waals surface area contributed by atoms with E-state index in [0.29, 0.717) is 12.1 Å². The summed E-state index contributed by atoms with van der Waals surface area (Å²) in [4.78, 5) is 67.4. The van der Waals surface area contributed by atoms with Gasteiger partial charge in [-0.05, 0) is 19.3 Å². The summed E-state index contributed by atoms with van der Waals surface area (Å²) in [6.45, 7) is 4.72. The molecule has 1 aromatic rings. The summed E-state index contributed by atoms with van der Waals surface area (Å²) in [5.74, 6) is -4.88. The van der Waals surface area contributed by atoms with Gasteiger partial charge in [-0.2, -0.15) is 0 Å². The van der Waals surface area contributed by atoms with Gasteiger partial charge in [0.05, 0.1) is 18.5 Å². The zero-order valence-corrected chi connectivity index (χ0v) is 20.0. The lowest BCUT2D eigenvalue weighted by Crippen LogP contribution is -2.61. The number of aliphatic hydroxyl groups excluding tert-OH is 1. The minimum absolute atomic E-state index is 0.111. The number of aromatic amines is 1. The van der Waals surface area contributed by atoms with Crippen LogP contribution in [0, 0.1) is 5.92 Å². The van der Waals surface area contributed by atoms with Crippen LogP contribution in [0.1, 0.15) is 45.7 Å². The lowest BCUT2D eigenvalue weighted by molar-refractivity contribution is -0.143. The third-order valence-corrected chi connectivity index (χ3v) is 5.48. The van der Waals surface area contributed by atoms with Crippen LogP contribution < -0.4 is 27.4 Å². The Morgan fingerprint density at radius 3 is 2.14 bits per heavy atom. The van der Waals surface area contributed by atoms with Gasteiger partial charge in [0.2, 0.25) is 23.6 Å². The Labute approximate surface area is 202 Å². The van der Waals surface area contributed by atoms with E-state index in [2.05, 4.69) is 25.9 Å². The number of carboxylic acid groups (broad SMARTS) is 1. The van der Waals surface area contributed by atoms with Crippen molar-refractivity contribution in [3.05, 3.63) is 18.2 Å². The van der Waals surface area contributed by atoms with Crippen molar-refractivity contribution in [1.82, 2.24) is 25.9 Å². The van der Waals surface area contributed by atoms with E-state index in [4.69, 9.17) is 11.5 Å². The van der Waals surface area contributed by atoms with Crippen LogP contribution in [0.15, 0.2) is 12.5 Å². The Kier molecular flexibility index (Phi) is 11.8. The summed E-state index contributed by atoms with van der Waals surface area (Å²) in [5.41, 5.74) is 11.5. The lowest BCUT2D eigenvalue weighted by Gasteiger charge is -2.29. The van der Waals surface area contributed by atoms with Crippen molar-refractivity contribution in [2.45, 2.75) is 76.7 Å². The summed E-state index contributed by atoms with van der Waals surface area (Å²) in [6, 6.07) is -5.05. The number of imidazole rings is 1. The molecule has 35 heavy (non-hydrogen) atoms. The van der Waals surface area contributed by atoms with Crippen LogP contribution in [0.3, 0.4) is 0 Å². The highest BCUT2D eigenvalue weighted by Crippen LogP contribution is 2.10. The van der Waals surface area contributed by atoms with Gasteiger partial charge in [-0.3, -0.25) is 19.2 Å². The Morgan fingerprint density at radius 2 is 1.66 bits per heavy atom. The van der Waals surface area contributed by atoms with Crippen molar-refractivity contribution in [3.63, 3.8) is 0 Å². The molecule has 10 N–H and O–H groups in total. The normalized spacial score (nSPS) is 16.1. The molecule has 0 saturated heterocycles. The number of aliphatic carboxylic acids is 1. The number of nitrogens with one attached hydrogen (secondary N) is 4. The zero-order chi connectivity index (χ0) is 26.7. The molecule has 0 spiro atoms. The maximum atomic E-state index is 12.9. The fourth-order valence-electron chi connectivity index (χ4n) is 3.14. The van der Waals surface area contributed by atoms with Gasteiger partial charge in [-0.1, -0.05) is 20.3 Å². The molecule has 0 aliphatic carbocycles. The predicted octanol–water partition coefficient (Wildman–Crippen LogP) is -2.49. The van der Waals surface area contributed by atoms with E-state index < -0.39 is 65.8 Å². The fraction of sp³-hybridized carbons (Fsp3) is 0.619. The quantitative estimate of drug-likeness (QED) is 0.128. The van der Waals surface area contributed by atoms with Gasteiger partial charge >= 0.3 is 5.97 Å². The minimum Gasteiger partial charge on any atom is -0.480 e. The second-order valence-electron chi connectivity index (χ2n) is 8.39. The number of nitrogens with zero attached hydrogens (tertiary/aromatic N) is 1. The van der Waals surface area contributed by atoms with Gasteiger partial charge in [0.25, 0.3) is 0 Å². The first-order chi connectivity index (χ1) is 16.4. The van der Waals surface area contributed by atoms with E-state index >= 15 is 0 Å². The number of aromatic nitrogens is 2. The van der Waals surface area contributed by atoms with Gasteiger partial charge in [0.15, 0.2) is 0 Å². The molecule has 0 aromatic carbocycles. The average molecular weight is 498 g/mol.